The minimum Gasteiger partial charge on any atom is -0.374 e. The summed E-state index contributed by atoms with van der Waals surface area (Å²) >= 11 is 0. The van der Waals surface area contributed by atoms with Gasteiger partial charge in [-0.3, -0.25) is 4.98 Å². The summed E-state index contributed by atoms with van der Waals surface area (Å²) in [5, 5.41) is 2.93. The molecule has 0 spiro atoms. The molecule has 19 heavy (non-hydrogen) atoms. The second kappa shape index (κ2) is 5.73. The van der Waals surface area contributed by atoms with Gasteiger partial charge in [0.05, 0.1) is 23.6 Å². The Morgan fingerprint density at radius 3 is 2.42 bits per heavy atom. The first-order valence-electron chi connectivity index (χ1n) is 5.93. The molecule has 100 valence electrons. The largest absolute Gasteiger partial charge is 0.374 e. The lowest BCUT2D eigenvalue weighted by molar-refractivity contribution is 0.581. The third kappa shape index (κ3) is 3.24. The highest BCUT2D eigenvalue weighted by molar-refractivity contribution is 5.46. The van der Waals surface area contributed by atoms with Crippen LogP contribution in [-0.2, 0) is 0 Å². The number of nitrogens with one attached hydrogen (secondary N) is 1. The molecule has 2 nitrogen and oxygen atoms in total. The van der Waals surface area contributed by atoms with Crippen LogP contribution >= 0.6 is 0 Å². The SMILES string of the molecule is CCC(Nc1ccc(F)cc1F)c1ccc(F)cn1. The van der Waals surface area contributed by atoms with Gasteiger partial charge in [0.25, 0.3) is 0 Å². The molecule has 0 radical (unpaired) electrons. The molecule has 0 aliphatic heterocycles. The monoisotopic (exact) mass is 266 g/mol. The lowest BCUT2D eigenvalue weighted by Gasteiger charge is -2.18. The molecule has 0 aliphatic carbocycles. The van der Waals surface area contributed by atoms with Crippen molar-refractivity contribution in [2.75, 3.05) is 5.32 Å². The normalized spacial score (nSPS) is 12.2. The molecule has 1 aromatic heterocycles. The van der Waals surface area contributed by atoms with Gasteiger partial charge in [-0.05, 0) is 30.7 Å². The van der Waals surface area contributed by atoms with Gasteiger partial charge in [0.15, 0.2) is 0 Å². The van der Waals surface area contributed by atoms with Crippen molar-refractivity contribution in [2.45, 2.75) is 19.4 Å². The molecule has 1 aromatic carbocycles. The molecule has 1 atom stereocenters. The van der Waals surface area contributed by atoms with Crippen LogP contribution in [0.4, 0.5) is 18.9 Å². The minimum atomic E-state index is -0.666. The van der Waals surface area contributed by atoms with Gasteiger partial charge in [-0.15, -0.1) is 0 Å². The van der Waals surface area contributed by atoms with Gasteiger partial charge in [-0.1, -0.05) is 6.92 Å². The summed E-state index contributed by atoms with van der Waals surface area (Å²) < 4.78 is 39.2. The van der Waals surface area contributed by atoms with E-state index >= 15 is 0 Å². The zero-order chi connectivity index (χ0) is 13.8. The third-order valence-corrected chi connectivity index (χ3v) is 2.78. The van der Waals surface area contributed by atoms with Crippen molar-refractivity contribution in [3.8, 4) is 0 Å². The maximum absolute atomic E-state index is 13.5. The molecule has 1 heterocycles. The Balaban J connectivity index is 2.21. The van der Waals surface area contributed by atoms with E-state index in [1.54, 1.807) is 0 Å². The van der Waals surface area contributed by atoms with Crippen LogP contribution in [0.25, 0.3) is 0 Å². The van der Waals surface area contributed by atoms with E-state index in [9.17, 15) is 13.2 Å². The Morgan fingerprint density at radius 1 is 1.11 bits per heavy atom. The van der Waals surface area contributed by atoms with E-state index in [-0.39, 0.29) is 11.7 Å². The highest BCUT2D eigenvalue weighted by atomic mass is 19.1. The van der Waals surface area contributed by atoms with Crippen molar-refractivity contribution in [3.05, 3.63) is 59.7 Å². The number of nitrogens with zero attached hydrogens (tertiary/aromatic N) is 1. The molecule has 1 unspecified atom stereocenters. The molecule has 0 saturated heterocycles. The maximum Gasteiger partial charge on any atom is 0.149 e. The van der Waals surface area contributed by atoms with Crippen molar-refractivity contribution in [1.29, 1.82) is 0 Å². The third-order valence-electron chi connectivity index (χ3n) is 2.78. The Hall–Kier alpha value is -2.04. The maximum atomic E-state index is 13.5. The van der Waals surface area contributed by atoms with E-state index < -0.39 is 17.5 Å². The summed E-state index contributed by atoms with van der Waals surface area (Å²) in [5.41, 5.74) is 0.798. The molecule has 0 bridgehead atoms. The van der Waals surface area contributed by atoms with Crippen LogP contribution in [0.15, 0.2) is 36.5 Å². The summed E-state index contributed by atoms with van der Waals surface area (Å²) in [7, 11) is 0. The van der Waals surface area contributed by atoms with Crippen LogP contribution in [0.5, 0.6) is 0 Å². The standard InChI is InChI=1S/C14H13F3N2/c1-2-12(14-6-4-10(16)8-18-14)19-13-5-3-9(15)7-11(13)17/h3-8,12,19H,2H2,1H3. The molecule has 0 aliphatic rings. The van der Waals surface area contributed by atoms with E-state index in [1.165, 1.54) is 24.3 Å². The summed E-state index contributed by atoms with van der Waals surface area (Å²) in [6, 6.07) is 5.90. The van der Waals surface area contributed by atoms with E-state index in [0.29, 0.717) is 12.1 Å². The van der Waals surface area contributed by atoms with Crippen LogP contribution in [0.2, 0.25) is 0 Å². The zero-order valence-electron chi connectivity index (χ0n) is 10.3. The summed E-state index contributed by atoms with van der Waals surface area (Å²) in [4.78, 5) is 3.96. The van der Waals surface area contributed by atoms with Crippen molar-refractivity contribution < 1.29 is 13.2 Å². The van der Waals surface area contributed by atoms with Gasteiger partial charge >= 0.3 is 0 Å². The fourth-order valence-corrected chi connectivity index (χ4v) is 1.77. The predicted molar refractivity (Wildman–Crippen MR) is 67.2 cm³/mol. The van der Waals surface area contributed by atoms with Crippen LogP contribution in [0.3, 0.4) is 0 Å². The first kappa shape index (κ1) is 13.4. The number of benzene rings is 1. The number of anilines is 1. The number of hydrogen-bond donors (Lipinski definition) is 1. The van der Waals surface area contributed by atoms with E-state index in [2.05, 4.69) is 10.3 Å². The fraction of sp³-hybridized carbons (Fsp3) is 0.214. The topological polar surface area (TPSA) is 24.9 Å². The van der Waals surface area contributed by atoms with E-state index in [1.807, 2.05) is 6.92 Å². The van der Waals surface area contributed by atoms with E-state index in [4.69, 9.17) is 0 Å². The smallest absolute Gasteiger partial charge is 0.149 e. The number of pyridine rings is 1. The van der Waals surface area contributed by atoms with Crippen LogP contribution in [-0.4, -0.2) is 4.98 Å². The molecule has 5 heteroatoms. The summed E-state index contributed by atoms with van der Waals surface area (Å²) in [5.74, 6) is -1.72. The Kier molecular flexibility index (Phi) is 4.04. The summed E-state index contributed by atoms with van der Waals surface area (Å²) in [6.45, 7) is 1.89. The first-order valence-corrected chi connectivity index (χ1v) is 5.93. The van der Waals surface area contributed by atoms with Gasteiger partial charge in [-0.2, -0.15) is 0 Å². The molecule has 0 amide bonds. The molecular weight excluding hydrogens is 253 g/mol. The van der Waals surface area contributed by atoms with Crippen molar-refractivity contribution in [2.24, 2.45) is 0 Å². The van der Waals surface area contributed by atoms with Crippen LogP contribution < -0.4 is 5.32 Å². The second-order valence-electron chi connectivity index (χ2n) is 4.13. The van der Waals surface area contributed by atoms with Crippen LogP contribution in [0, 0.1) is 17.5 Å². The lowest BCUT2D eigenvalue weighted by Crippen LogP contribution is -2.12. The van der Waals surface area contributed by atoms with Crippen molar-refractivity contribution >= 4 is 5.69 Å². The van der Waals surface area contributed by atoms with E-state index in [0.717, 1.165) is 12.3 Å². The Bertz CT molecular complexity index is 555. The number of rotatable bonds is 4. The number of aromatic nitrogens is 1. The van der Waals surface area contributed by atoms with Crippen molar-refractivity contribution in [3.63, 3.8) is 0 Å². The van der Waals surface area contributed by atoms with Gasteiger partial charge in [0.2, 0.25) is 0 Å². The lowest BCUT2D eigenvalue weighted by atomic mass is 10.1. The molecule has 1 N–H and O–H groups in total. The molecule has 2 rings (SSSR count). The molecule has 0 fully saturated rings. The average Bonchev–Trinajstić information content (AvgIpc) is 2.39. The summed E-state index contributed by atoms with van der Waals surface area (Å²) in [6.07, 6.45) is 1.75. The first-order chi connectivity index (χ1) is 9.10. The molecular formula is C14H13F3N2. The fourth-order valence-electron chi connectivity index (χ4n) is 1.77. The average molecular weight is 266 g/mol. The Labute approximate surface area is 109 Å². The quantitative estimate of drug-likeness (QED) is 0.902. The van der Waals surface area contributed by atoms with Gasteiger partial charge in [-0.25, -0.2) is 13.2 Å². The Morgan fingerprint density at radius 2 is 1.84 bits per heavy atom. The predicted octanol–water partition coefficient (Wildman–Crippen LogP) is 4.06. The van der Waals surface area contributed by atoms with Gasteiger partial charge in [0.1, 0.15) is 17.5 Å². The van der Waals surface area contributed by atoms with Crippen molar-refractivity contribution in [1.82, 2.24) is 4.98 Å². The zero-order valence-corrected chi connectivity index (χ0v) is 10.3. The number of hydrogen-bond acceptors (Lipinski definition) is 2. The highest BCUT2D eigenvalue weighted by Gasteiger charge is 2.13. The molecule has 2 aromatic rings. The molecule has 0 saturated carbocycles. The highest BCUT2D eigenvalue weighted by Crippen LogP contribution is 2.23. The van der Waals surface area contributed by atoms with Gasteiger partial charge in [0, 0.05) is 6.07 Å². The minimum absolute atomic E-state index is 0.194. The number of halogens is 3. The van der Waals surface area contributed by atoms with Crippen LogP contribution in [0.1, 0.15) is 25.1 Å². The van der Waals surface area contributed by atoms with Gasteiger partial charge < -0.3 is 5.32 Å². The second-order valence-corrected chi connectivity index (χ2v) is 4.13.